The van der Waals surface area contributed by atoms with Crippen LogP contribution in [0.2, 0.25) is 0 Å². The maximum atomic E-state index is 4.58. The third-order valence-corrected chi connectivity index (χ3v) is 3.44. The molecule has 112 valence electrons. The van der Waals surface area contributed by atoms with Gasteiger partial charge in [0.25, 0.3) is 0 Å². The first kappa shape index (κ1) is 15.2. The highest BCUT2D eigenvalue weighted by atomic mass is 15.3. The van der Waals surface area contributed by atoms with E-state index in [-0.39, 0.29) is 0 Å². The summed E-state index contributed by atoms with van der Waals surface area (Å²) in [6.45, 7) is 9.25. The first-order chi connectivity index (χ1) is 10.1. The quantitative estimate of drug-likeness (QED) is 0.879. The second-order valence-electron chi connectivity index (χ2n) is 5.18. The summed E-state index contributed by atoms with van der Waals surface area (Å²) in [5.41, 5.74) is 2.35. The third kappa shape index (κ3) is 3.90. The molecule has 0 spiro atoms. The summed E-state index contributed by atoms with van der Waals surface area (Å²) in [7, 11) is 0. The molecule has 0 amide bonds. The molecule has 0 fully saturated rings. The number of nitrogens with zero attached hydrogens (tertiary/aromatic N) is 4. The average Bonchev–Trinajstić information content (AvgIpc) is 2.48. The van der Waals surface area contributed by atoms with E-state index in [4.69, 9.17) is 0 Å². The molecular formula is C16H23N5. The second-order valence-corrected chi connectivity index (χ2v) is 5.18. The summed E-state index contributed by atoms with van der Waals surface area (Å²) in [4.78, 5) is 6.71. The van der Waals surface area contributed by atoms with E-state index in [2.05, 4.69) is 77.4 Å². The van der Waals surface area contributed by atoms with Gasteiger partial charge in [0, 0.05) is 18.3 Å². The molecule has 1 heterocycles. The van der Waals surface area contributed by atoms with Gasteiger partial charge in [-0.05, 0) is 44.9 Å². The summed E-state index contributed by atoms with van der Waals surface area (Å²) >= 11 is 0. The number of nitrogens with one attached hydrogen (secondary N) is 1. The third-order valence-electron chi connectivity index (χ3n) is 3.44. The Morgan fingerprint density at radius 2 is 2.10 bits per heavy atom. The molecule has 1 unspecified atom stereocenters. The van der Waals surface area contributed by atoms with E-state index >= 15 is 0 Å². The largest absolute Gasteiger partial charge is 0.350 e. The molecule has 2 aromatic rings. The van der Waals surface area contributed by atoms with E-state index in [0.717, 1.165) is 24.5 Å². The van der Waals surface area contributed by atoms with Gasteiger partial charge in [0.1, 0.15) is 0 Å². The van der Waals surface area contributed by atoms with E-state index in [1.807, 2.05) is 0 Å². The molecule has 2 rings (SSSR count). The lowest BCUT2D eigenvalue weighted by Gasteiger charge is -2.22. The van der Waals surface area contributed by atoms with Crippen molar-refractivity contribution in [2.75, 3.05) is 16.8 Å². The predicted molar refractivity (Wildman–Crippen MR) is 87.1 cm³/mol. The number of rotatable bonds is 6. The number of benzene rings is 1. The van der Waals surface area contributed by atoms with Crippen LogP contribution < -0.4 is 10.2 Å². The molecule has 5 heteroatoms. The second kappa shape index (κ2) is 7.02. The first-order valence-electron chi connectivity index (χ1n) is 7.44. The summed E-state index contributed by atoms with van der Waals surface area (Å²) in [6, 6.07) is 8.70. The average molecular weight is 285 g/mol. The van der Waals surface area contributed by atoms with Crippen LogP contribution in [-0.4, -0.2) is 27.8 Å². The van der Waals surface area contributed by atoms with Crippen molar-refractivity contribution in [1.29, 1.82) is 0 Å². The van der Waals surface area contributed by atoms with Gasteiger partial charge in [-0.15, -0.1) is 5.10 Å². The van der Waals surface area contributed by atoms with Crippen LogP contribution in [-0.2, 0) is 0 Å². The van der Waals surface area contributed by atoms with Gasteiger partial charge in [-0.1, -0.05) is 19.1 Å². The number of hydrogen-bond donors (Lipinski definition) is 1. The van der Waals surface area contributed by atoms with Crippen molar-refractivity contribution in [3.63, 3.8) is 0 Å². The lowest BCUT2D eigenvalue weighted by Crippen LogP contribution is -2.21. The molecule has 0 bridgehead atoms. The molecule has 5 nitrogen and oxygen atoms in total. The molecule has 0 saturated carbocycles. The number of hydrogen-bond acceptors (Lipinski definition) is 5. The Labute approximate surface area is 126 Å². The molecule has 1 atom stereocenters. The van der Waals surface area contributed by atoms with E-state index in [1.165, 1.54) is 5.56 Å². The Bertz CT molecular complexity index is 584. The molecule has 1 N–H and O–H groups in total. The van der Waals surface area contributed by atoms with Crippen molar-refractivity contribution in [2.24, 2.45) is 0 Å². The van der Waals surface area contributed by atoms with Gasteiger partial charge >= 0.3 is 0 Å². The molecule has 1 aromatic heterocycles. The van der Waals surface area contributed by atoms with E-state index < -0.39 is 0 Å². The highest BCUT2D eigenvalue weighted by molar-refractivity contribution is 5.60. The van der Waals surface area contributed by atoms with Gasteiger partial charge in [-0.25, -0.2) is 0 Å². The zero-order valence-corrected chi connectivity index (χ0v) is 13.2. The predicted octanol–water partition coefficient (Wildman–Crippen LogP) is 3.55. The van der Waals surface area contributed by atoms with Gasteiger partial charge in [-0.3, -0.25) is 0 Å². The normalized spacial score (nSPS) is 12.0. The minimum absolute atomic E-state index is 0.330. The Morgan fingerprint density at radius 1 is 1.29 bits per heavy atom. The smallest absolute Gasteiger partial charge is 0.244 e. The van der Waals surface area contributed by atoms with Crippen LogP contribution >= 0.6 is 0 Å². The molecule has 0 aliphatic carbocycles. The number of aryl methyl sites for hydroxylation is 1. The van der Waals surface area contributed by atoms with Crippen molar-refractivity contribution < 1.29 is 0 Å². The van der Waals surface area contributed by atoms with Crippen LogP contribution in [0, 0.1) is 6.92 Å². The molecule has 0 aliphatic heterocycles. The zero-order valence-electron chi connectivity index (χ0n) is 13.2. The minimum atomic E-state index is 0.330. The van der Waals surface area contributed by atoms with Gasteiger partial charge in [0.05, 0.1) is 6.20 Å². The van der Waals surface area contributed by atoms with Crippen molar-refractivity contribution >= 4 is 17.5 Å². The molecule has 0 aliphatic rings. The maximum Gasteiger partial charge on any atom is 0.244 e. The fourth-order valence-corrected chi connectivity index (χ4v) is 2.08. The highest BCUT2D eigenvalue weighted by Crippen LogP contribution is 2.24. The van der Waals surface area contributed by atoms with Crippen molar-refractivity contribution in [3.8, 4) is 0 Å². The van der Waals surface area contributed by atoms with Crippen molar-refractivity contribution in [2.45, 2.75) is 40.2 Å². The first-order valence-corrected chi connectivity index (χ1v) is 7.44. The Kier molecular flexibility index (Phi) is 5.09. The van der Waals surface area contributed by atoms with Gasteiger partial charge in [0.15, 0.2) is 5.82 Å². The van der Waals surface area contributed by atoms with Gasteiger partial charge in [0.2, 0.25) is 5.95 Å². The Morgan fingerprint density at radius 3 is 2.76 bits per heavy atom. The Hall–Kier alpha value is -2.17. The Balaban J connectivity index is 2.28. The van der Waals surface area contributed by atoms with Crippen LogP contribution in [0.5, 0.6) is 0 Å². The summed E-state index contributed by atoms with van der Waals surface area (Å²) in [5, 5.41) is 11.4. The number of anilines is 3. The summed E-state index contributed by atoms with van der Waals surface area (Å²) in [5.74, 6) is 1.39. The molecule has 0 saturated heterocycles. The highest BCUT2D eigenvalue weighted by Gasteiger charge is 2.11. The van der Waals surface area contributed by atoms with Crippen LogP contribution in [0.3, 0.4) is 0 Å². The molecular weight excluding hydrogens is 262 g/mol. The standard InChI is InChI=1S/C16H23N5/c1-5-13(4)18-16-19-15(11-17-20-16)21(6-2)14-9-7-8-12(3)10-14/h7-11,13H,5-6H2,1-4H3,(H,18,19,20). The zero-order chi connectivity index (χ0) is 15.2. The van der Waals surface area contributed by atoms with Crippen LogP contribution in [0.4, 0.5) is 17.5 Å². The molecule has 1 aromatic carbocycles. The van der Waals surface area contributed by atoms with Gasteiger partial charge in [-0.2, -0.15) is 10.1 Å². The number of aromatic nitrogens is 3. The SMILES string of the molecule is CCC(C)Nc1nncc(N(CC)c2cccc(C)c2)n1. The molecule has 0 radical (unpaired) electrons. The fourth-order valence-electron chi connectivity index (χ4n) is 2.08. The minimum Gasteiger partial charge on any atom is -0.350 e. The fraction of sp³-hybridized carbons (Fsp3) is 0.438. The van der Waals surface area contributed by atoms with Gasteiger partial charge < -0.3 is 10.2 Å². The monoisotopic (exact) mass is 285 g/mol. The molecule has 21 heavy (non-hydrogen) atoms. The van der Waals surface area contributed by atoms with Crippen molar-refractivity contribution in [1.82, 2.24) is 15.2 Å². The lowest BCUT2D eigenvalue weighted by molar-refractivity contribution is 0.745. The van der Waals surface area contributed by atoms with E-state index in [0.29, 0.717) is 12.0 Å². The maximum absolute atomic E-state index is 4.58. The topological polar surface area (TPSA) is 53.9 Å². The van der Waals surface area contributed by atoms with Crippen LogP contribution in [0.1, 0.15) is 32.8 Å². The summed E-state index contributed by atoms with van der Waals surface area (Å²) < 4.78 is 0. The summed E-state index contributed by atoms with van der Waals surface area (Å²) in [6.07, 6.45) is 2.72. The van der Waals surface area contributed by atoms with Crippen LogP contribution in [0.25, 0.3) is 0 Å². The van der Waals surface area contributed by atoms with E-state index in [1.54, 1.807) is 6.20 Å². The van der Waals surface area contributed by atoms with E-state index in [9.17, 15) is 0 Å². The van der Waals surface area contributed by atoms with Crippen molar-refractivity contribution in [3.05, 3.63) is 36.0 Å². The van der Waals surface area contributed by atoms with Crippen LogP contribution in [0.15, 0.2) is 30.5 Å². The lowest BCUT2D eigenvalue weighted by atomic mass is 10.2.